The van der Waals surface area contributed by atoms with Gasteiger partial charge in [0.05, 0.1) is 12.3 Å². The lowest BCUT2D eigenvalue weighted by atomic mass is 10.1. The summed E-state index contributed by atoms with van der Waals surface area (Å²) < 4.78 is 5.37. The summed E-state index contributed by atoms with van der Waals surface area (Å²) in [7, 11) is 0. The van der Waals surface area contributed by atoms with Crippen LogP contribution in [0.4, 0.5) is 5.69 Å². The molecular weight excluding hydrogens is 252 g/mol. The second-order valence-corrected chi connectivity index (χ2v) is 4.77. The normalized spacial score (nSPS) is 11.9. The van der Waals surface area contributed by atoms with Gasteiger partial charge in [0.25, 0.3) is 5.91 Å². The quantitative estimate of drug-likeness (QED) is 0.875. The Labute approximate surface area is 119 Å². The fraction of sp³-hybridized carbons (Fsp3) is 0.312. The number of carbonyl (C=O) groups excluding carboxylic acids is 1. The number of amides is 1. The van der Waals surface area contributed by atoms with Crippen molar-refractivity contribution in [2.24, 2.45) is 0 Å². The molecule has 4 heteroatoms. The standard InChI is InChI=1S/C16H20N2O2/c1-4-17-16(19)13-7-8-14(11(2)10-13)18-12(3)15-6-5-9-20-15/h5-10,12,18H,4H2,1-3H3,(H,17,19). The van der Waals surface area contributed by atoms with Gasteiger partial charge in [0.2, 0.25) is 0 Å². The summed E-state index contributed by atoms with van der Waals surface area (Å²) in [6.07, 6.45) is 1.67. The highest BCUT2D eigenvalue weighted by Gasteiger charge is 2.11. The van der Waals surface area contributed by atoms with Crippen molar-refractivity contribution >= 4 is 11.6 Å². The van der Waals surface area contributed by atoms with E-state index >= 15 is 0 Å². The van der Waals surface area contributed by atoms with E-state index in [1.165, 1.54) is 0 Å². The number of carbonyl (C=O) groups is 1. The molecule has 1 heterocycles. The predicted molar refractivity (Wildman–Crippen MR) is 79.9 cm³/mol. The highest BCUT2D eigenvalue weighted by atomic mass is 16.3. The first-order valence-electron chi connectivity index (χ1n) is 6.80. The van der Waals surface area contributed by atoms with Gasteiger partial charge in [0.1, 0.15) is 5.76 Å². The van der Waals surface area contributed by atoms with Crippen LogP contribution in [0.1, 0.15) is 41.6 Å². The van der Waals surface area contributed by atoms with Gasteiger partial charge in [-0.25, -0.2) is 0 Å². The lowest BCUT2D eigenvalue weighted by molar-refractivity contribution is 0.0956. The maximum absolute atomic E-state index is 11.8. The van der Waals surface area contributed by atoms with Crippen LogP contribution in [0.2, 0.25) is 0 Å². The smallest absolute Gasteiger partial charge is 0.251 e. The molecular formula is C16H20N2O2. The highest BCUT2D eigenvalue weighted by Crippen LogP contribution is 2.23. The largest absolute Gasteiger partial charge is 0.467 e. The van der Waals surface area contributed by atoms with Gasteiger partial charge in [0, 0.05) is 17.8 Å². The number of hydrogen-bond acceptors (Lipinski definition) is 3. The molecule has 1 atom stereocenters. The molecule has 106 valence electrons. The van der Waals surface area contributed by atoms with E-state index in [0.717, 1.165) is 17.0 Å². The average Bonchev–Trinajstić information content (AvgIpc) is 2.95. The molecule has 0 bridgehead atoms. The van der Waals surface area contributed by atoms with Crippen LogP contribution in [0.25, 0.3) is 0 Å². The van der Waals surface area contributed by atoms with Crippen molar-refractivity contribution < 1.29 is 9.21 Å². The number of furan rings is 1. The molecule has 4 nitrogen and oxygen atoms in total. The van der Waals surface area contributed by atoms with Gasteiger partial charge >= 0.3 is 0 Å². The number of aryl methyl sites for hydroxylation is 1. The third kappa shape index (κ3) is 3.20. The molecule has 2 aromatic rings. The fourth-order valence-corrected chi connectivity index (χ4v) is 2.07. The molecule has 1 amide bonds. The van der Waals surface area contributed by atoms with Crippen molar-refractivity contribution in [3.8, 4) is 0 Å². The van der Waals surface area contributed by atoms with Gasteiger partial charge in [-0.1, -0.05) is 0 Å². The zero-order valence-electron chi connectivity index (χ0n) is 12.1. The minimum atomic E-state index is -0.0405. The molecule has 0 fully saturated rings. The van der Waals surface area contributed by atoms with Gasteiger partial charge < -0.3 is 15.1 Å². The summed E-state index contributed by atoms with van der Waals surface area (Å²) in [5.41, 5.74) is 2.72. The minimum absolute atomic E-state index is 0.0405. The number of benzene rings is 1. The van der Waals surface area contributed by atoms with Gasteiger partial charge in [-0.15, -0.1) is 0 Å². The monoisotopic (exact) mass is 272 g/mol. The van der Waals surface area contributed by atoms with E-state index in [1.807, 2.05) is 51.1 Å². The number of anilines is 1. The summed E-state index contributed by atoms with van der Waals surface area (Å²) in [6, 6.07) is 9.55. The number of nitrogens with one attached hydrogen (secondary N) is 2. The third-order valence-electron chi connectivity index (χ3n) is 3.17. The fourth-order valence-electron chi connectivity index (χ4n) is 2.07. The SMILES string of the molecule is CCNC(=O)c1ccc(NC(C)c2ccco2)c(C)c1. The Bertz CT molecular complexity index is 576. The zero-order valence-corrected chi connectivity index (χ0v) is 12.1. The molecule has 0 aliphatic heterocycles. The van der Waals surface area contributed by atoms with Crippen molar-refractivity contribution in [3.63, 3.8) is 0 Å². The van der Waals surface area contributed by atoms with Crippen LogP contribution in [0, 0.1) is 6.92 Å². The van der Waals surface area contributed by atoms with Crippen molar-refractivity contribution in [2.45, 2.75) is 26.8 Å². The van der Waals surface area contributed by atoms with Crippen LogP contribution in [-0.4, -0.2) is 12.5 Å². The third-order valence-corrected chi connectivity index (χ3v) is 3.17. The Morgan fingerprint density at radius 3 is 2.75 bits per heavy atom. The van der Waals surface area contributed by atoms with Crippen molar-refractivity contribution in [1.82, 2.24) is 5.32 Å². The molecule has 0 aliphatic carbocycles. The van der Waals surface area contributed by atoms with Crippen molar-refractivity contribution in [1.29, 1.82) is 0 Å². The zero-order chi connectivity index (χ0) is 14.5. The van der Waals surface area contributed by atoms with E-state index in [4.69, 9.17) is 4.42 Å². The van der Waals surface area contributed by atoms with E-state index in [0.29, 0.717) is 12.1 Å². The highest BCUT2D eigenvalue weighted by molar-refractivity contribution is 5.94. The Kier molecular flexibility index (Phi) is 4.45. The van der Waals surface area contributed by atoms with E-state index in [2.05, 4.69) is 10.6 Å². The molecule has 0 radical (unpaired) electrons. The second-order valence-electron chi connectivity index (χ2n) is 4.77. The lowest BCUT2D eigenvalue weighted by Gasteiger charge is -2.15. The Morgan fingerprint density at radius 2 is 2.15 bits per heavy atom. The molecule has 2 N–H and O–H groups in total. The van der Waals surface area contributed by atoms with Crippen molar-refractivity contribution in [3.05, 3.63) is 53.5 Å². The molecule has 1 aromatic carbocycles. The molecule has 0 aliphatic rings. The summed E-state index contributed by atoms with van der Waals surface area (Å²) in [4.78, 5) is 11.8. The van der Waals surface area contributed by atoms with Gasteiger partial charge in [0.15, 0.2) is 0 Å². The lowest BCUT2D eigenvalue weighted by Crippen LogP contribution is -2.22. The van der Waals surface area contributed by atoms with Crippen LogP contribution in [0.3, 0.4) is 0 Å². The molecule has 1 unspecified atom stereocenters. The first-order valence-corrected chi connectivity index (χ1v) is 6.80. The first kappa shape index (κ1) is 14.2. The number of hydrogen-bond donors (Lipinski definition) is 2. The van der Waals surface area contributed by atoms with E-state index in [1.54, 1.807) is 6.26 Å². The summed E-state index contributed by atoms with van der Waals surface area (Å²) in [6.45, 7) is 6.56. The predicted octanol–water partition coefficient (Wildman–Crippen LogP) is 3.51. The van der Waals surface area contributed by atoms with Gasteiger partial charge in [-0.3, -0.25) is 4.79 Å². The van der Waals surface area contributed by atoms with E-state index < -0.39 is 0 Å². The molecule has 1 aromatic heterocycles. The van der Waals surface area contributed by atoms with E-state index in [9.17, 15) is 4.79 Å². The Balaban J connectivity index is 2.12. The number of rotatable bonds is 5. The summed E-state index contributed by atoms with van der Waals surface area (Å²) >= 11 is 0. The van der Waals surface area contributed by atoms with Crippen molar-refractivity contribution in [2.75, 3.05) is 11.9 Å². The summed E-state index contributed by atoms with van der Waals surface area (Å²) in [5, 5.41) is 6.18. The van der Waals surface area contributed by atoms with Gasteiger partial charge in [-0.05, 0) is 56.7 Å². The minimum Gasteiger partial charge on any atom is -0.467 e. The van der Waals surface area contributed by atoms with Crippen LogP contribution in [0.15, 0.2) is 41.0 Å². The molecule has 2 rings (SSSR count). The molecule has 0 saturated carbocycles. The van der Waals surface area contributed by atoms with Crippen LogP contribution in [0.5, 0.6) is 0 Å². The maximum Gasteiger partial charge on any atom is 0.251 e. The summed E-state index contributed by atoms with van der Waals surface area (Å²) in [5.74, 6) is 0.846. The van der Waals surface area contributed by atoms with Crippen LogP contribution < -0.4 is 10.6 Å². The molecule has 20 heavy (non-hydrogen) atoms. The van der Waals surface area contributed by atoms with Crippen LogP contribution in [-0.2, 0) is 0 Å². The van der Waals surface area contributed by atoms with E-state index in [-0.39, 0.29) is 11.9 Å². The average molecular weight is 272 g/mol. The van der Waals surface area contributed by atoms with Gasteiger partial charge in [-0.2, -0.15) is 0 Å². The van der Waals surface area contributed by atoms with Crippen LogP contribution >= 0.6 is 0 Å². The Hall–Kier alpha value is -2.23. The first-order chi connectivity index (χ1) is 9.61. The topological polar surface area (TPSA) is 54.3 Å². The second kappa shape index (κ2) is 6.28. The Morgan fingerprint density at radius 1 is 1.35 bits per heavy atom. The molecule has 0 saturated heterocycles. The molecule has 0 spiro atoms. The maximum atomic E-state index is 11.8.